The lowest BCUT2D eigenvalue weighted by atomic mass is 10.0. The number of benzene rings is 1. The normalized spacial score (nSPS) is 19.5. The number of hydrogen-bond acceptors (Lipinski definition) is 3. The summed E-state index contributed by atoms with van der Waals surface area (Å²) in [5.41, 5.74) is 2.82. The second-order valence-corrected chi connectivity index (χ2v) is 5.87. The van der Waals surface area contributed by atoms with Crippen LogP contribution in [0.3, 0.4) is 0 Å². The van der Waals surface area contributed by atoms with E-state index in [2.05, 4.69) is 55.3 Å². The Kier molecular flexibility index (Phi) is 4.97. The first-order valence-electron chi connectivity index (χ1n) is 7.24. The fourth-order valence-corrected chi connectivity index (χ4v) is 2.63. The molecule has 1 aromatic rings. The van der Waals surface area contributed by atoms with Crippen LogP contribution >= 0.6 is 0 Å². The van der Waals surface area contributed by atoms with Crippen molar-refractivity contribution in [2.24, 2.45) is 0 Å². The van der Waals surface area contributed by atoms with Gasteiger partial charge < -0.3 is 10.1 Å². The van der Waals surface area contributed by atoms with E-state index in [-0.39, 0.29) is 5.60 Å². The van der Waals surface area contributed by atoms with E-state index in [9.17, 15) is 0 Å². The van der Waals surface area contributed by atoms with Crippen LogP contribution < -0.4 is 5.32 Å². The van der Waals surface area contributed by atoms with Gasteiger partial charge in [-0.15, -0.1) is 0 Å². The fourth-order valence-electron chi connectivity index (χ4n) is 2.63. The summed E-state index contributed by atoms with van der Waals surface area (Å²) in [6.45, 7) is 12.3. The molecule has 2 rings (SSSR count). The summed E-state index contributed by atoms with van der Waals surface area (Å²) in [4.78, 5) is 2.49. The molecule has 0 bridgehead atoms. The highest BCUT2D eigenvalue weighted by atomic mass is 16.5. The van der Waals surface area contributed by atoms with Crippen molar-refractivity contribution in [3.63, 3.8) is 0 Å². The van der Waals surface area contributed by atoms with Gasteiger partial charge in [0.1, 0.15) is 0 Å². The summed E-state index contributed by atoms with van der Waals surface area (Å²) in [6.07, 6.45) is 0. The van der Waals surface area contributed by atoms with Crippen molar-refractivity contribution in [2.75, 3.05) is 26.2 Å². The molecule has 1 saturated heterocycles. The summed E-state index contributed by atoms with van der Waals surface area (Å²) >= 11 is 0. The van der Waals surface area contributed by atoms with Gasteiger partial charge in [0.25, 0.3) is 0 Å². The minimum atomic E-state index is -0.0190. The zero-order chi connectivity index (χ0) is 13.7. The Morgan fingerprint density at radius 3 is 2.68 bits per heavy atom. The van der Waals surface area contributed by atoms with Crippen LogP contribution in [0.5, 0.6) is 0 Å². The summed E-state index contributed by atoms with van der Waals surface area (Å²) < 4.78 is 5.77. The van der Waals surface area contributed by atoms with Crippen molar-refractivity contribution in [3.05, 3.63) is 35.4 Å². The number of hydrogen-bond donors (Lipinski definition) is 1. The number of rotatable bonds is 5. The van der Waals surface area contributed by atoms with E-state index < -0.39 is 0 Å². The summed E-state index contributed by atoms with van der Waals surface area (Å²) in [5, 5.41) is 3.42. The van der Waals surface area contributed by atoms with Gasteiger partial charge in [-0.3, -0.25) is 4.90 Å². The highest BCUT2D eigenvalue weighted by Crippen LogP contribution is 2.19. The molecule has 19 heavy (non-hydrogen) atoms. The van der Waals surface area contributed by atoms with Crippen LogP contribution in [0.15, 0.2) is 24.3 Å². The van der Waals surface area contributed by atoms with Gasteiger partial charge in [-0.1, -0.05) is 31.2 Å². The van der Waals surface area contributed by atoms with Crippen LogP contribution in [-0.2, 0) is 17.8 Å². The molecule has 0 aliphatic carbocycles. The van der Waals surface area contributed by atoms with Gasteiger partial charge in [-0.25, -0.2) is 0 Å². The fraction of sp³-hybridized carbons (Fsp3) is 0.625. The Morgan fingerprint density at radius 1 is 1.26 bits per heavy atom. The molecule has 1 fully saturated rings. The first-order valence-corrected chi connectivity index (χ1v) is 7.24. The van der Waals surface area contributed by atoms with E-state index in [1.54, 1.807) is 0 Å². The number of nitrogens with zero attached hydrogens (tertiary/aromatic N) is 1. The second-order valence-electron chi connectivity index (χ2n) is 5.87. The van der Waals surface area contributed by atoms with Gasteiger partial charge in [0.2, 0.25) is 0 Å². The molecule has 0 saturated carbocycles. The quantitative estimate of drug-likeness (QED) is 0.882. The van der Waals surface area contributed by atoms with Gasteiger partial charge >= 0.3 is 0 Å². The van der Waals surface area contributed by atoms with Crippen molar-refractivity contribution < 1.29 is 4.74 Å². The van der Waals surface area contributed by atoms with Crippen molar-refractivity contribution in [3.8, 4) is 0 Å². The van der Waals surface area contributed by atoms with Gasteiger partial charge in [0.15, 0.2) is 0 Å². The Hall–Kier alpha value is -0.900. The highest BCUT2D eigenvalue weighted by molar-refractivity contribution is 5.27. The third-order valence-corrected chi connectivity index (χ3v) is 3.58. The maximum Gasteiger partial charge on any atom is 0.0753 e. The van der Waals surface area contributed by atoms with E-state index in [0.29, 0.717) is 0 Å². The molecule has 0 aromatic heterocycles. The number of morpholine rings is 1. The molecule has 0 atom stereocenters. The molecular formula is C16H26N2O. The first-order chi connectivity index (χ1) is 9.11. The third-order valence-electron chi connectivity index (χ3n) is 3.58. The molecule has 0 unspecified atom stereocenters. The lowest BCUT2D eigenvalue weighted by Crippen LogP contribution is -2.47. The largest absolute Gasteiger partial charge is 0.373 e. The molecule has 1 heterocycles. The monoisotopic (exact) mass is 262 g/mol. The van der Waals surface area contributed by atoms with Gasteiger partial charge in [-0.05, 0) is 31.5 Å². The van der Waals surface area contributed by atoms with Crippen LogP contribution in [0.2, 0.25) is 0 Å². The minimum Gasteiger partial charge on any atom is -0.373 e. The number of nitrogens with one attached hydrogen (secondary N) is 1. The Labute approximate surface area is 116 Å². The van der Waals surface area contributed by atoms with Crippen molar-refractivity contribution in [1.82, 2.24) is 10.2 Å². The predicted octanol–water partition coefficient (Wildman–Crippen LogP) is 2.41. The SMILES string of the molecule is CCNCc1ccccc1CN1CCOC(C)(C)C1. The van der Waals surface area contributed by atoms with Gasteiger partial charge in [-0.2, -0.15) is 0 Å². The Balaban J connectivity index is 2.02. The van der Waals surface area contributed by atoms with E-state index in [4.69, 9.17) is 4.74 Å². The van der Waals surface area contributed by atoms with Crippen LogP contribution in [0.4, 0.5) is 0 Å². The molecule has 0 spiro atoms. The van der Waals surface area contributed by atoms with Crippen LogP contribution in [0.1, 0.15) is 31.9 Å². The lowest BCUT2D eigenvalue weighted by Gasteiger charge is -2.38. The molecule has 1 aromatic carbocycles. The summed E-state index contributed by atoms with van der Waals surface area (Å²) in [5.74, 6) is 0. The molecule has 1 aliphatic heterocycles. The maximum atomic E-state index is 5.77. The average Bonchev–Trinajstić information content (AvgIpc) is 2.36. The van der Waals surface area contributed by atoms with Crippen LogP contribution in [0.25, 0.3) is 0 Å². The smallest absolute Gasteiger partial charge is 0.0753 e. The molecule has 1 aliphatic rings. The van der Waals surface area contributed by atoms with E-state index in [1.807, 2.05) is 0 Å². The molecular weight excluding hydrogens is 236 g/mol. The average molecular weight is 262 g/mol. The summed E-state index contributed by atoms with van der Waals surface area (Å²) in [6, 6.07) is 8.73. The predicted molar refractivity (Wildman–Crippen MR) is 79.1 cm³/mol. The summed E-state index contributed by atoms with van der Waals surface area (Å²) in [7, 11) is 0. The molecule has 0 amide bonds. The van der Waals surface area contributed by atoms with Gasteiger partial charge in [0.05, 0.1) is 12.2 Å². The topological polar surface area (TPSA) is 24.5 Å². The molecule has 0 radical (unpaired) electrons. The third kappa shape index (κ3) is 4.30. The molecule has 106 valence electrons. The standard InChI is InChI=1S/C16H26N2O/c1-4-17-11-14-7-5-6-8-15(14)12-18-9-10-19-16(2,3)13-18/h5-8,17H,4,9-13H2,1-3H3. The number of ether oxygens (including phenoxy) is 1. The van der Waals surface area contributed by atoms with E-state index in [0.717, 1.165) is 39.3 Å². The molecule has 3 heteroatoms. The lowest BCUT2D eigenvalue weighted by molar-refractivity contribution is -0.0883. The second kappa shape index (κ2) is 6.51. The molecule has 1 N–H and O–H groups in total. The van der Waals surface area contributed by atoms with Gasteiger partial charge in [0, 0.05) is 26.2 Å². The Bertz CT molecular complexity index is 403. The van der Waals surface area contributed by atoms with Crippen molar-refractivity contribution >= 4 is 0 Å². The van der Waals surface area contributed by atoms with E-state index >= 15 is 0 Å². The van der Waals surface area contributed by atoms with E-state index in [1.165, 1.54) is 11.1 Å². The zero-order valence-corrected chi connectivity index (χ0v) is 12.4. The highest BCUT2D eigenvalue weighted by Gasteiger charge is 2.27. The van der Waals surface area contributed by atoms with Crippen LogP contribution in [-0.4, -0.2) is 36.7 Å². The van der Waals surface area contributed by atoms with Crippen LogP contribution in [0, 0.1) is 0 Å². The molecule has 3 nitrogen and oxygen atoms in total. The van der Waals surface area contributed by atoms with Crippen molar-refractivity contribution in [1.29, 1.82) is 0 Å². The Morgan fingerprint density at radius 2 is 2.00 bits per heavy atom. The van der Waals surface area contributed by atoms with Crippen molar-refractivity contribution in [2.45, 2.75) is 39.5 Å². The first kappa shape index (κ1) is 14.5. The minimum absolute atomic E-state index is 0.0190. The zero-order valence-electron chi connectivity index (χ0n) is 12.4. The maximum absolute atomic E-state index is 5.77.